The van der Waals surface area contributed by atoms with E-state index in [0.29, 0.717) is 54.6 Å². The topological polar surface area (TPSA) is 75.6 Å². The van der Waals surface area contributed by atoms with Gasteiger partial charge < -0.3 is 13.8 Å². The van der Waals surface area contributed by atoms with Crippen molar-refractivity contribution in [2.45, 2.75) is 19.9 Å². The van der Waals surface area contributed by atoms with Gasteiger partial charge in [0.15, 0.2) is 0 Å². The average Bonchev–Trinajstić information content (AvgIpc) is 3.41. The zero-order valence-corrected chi connectivity index (χ0v) is 15.8. The predicted octanol–water partition coefficient (Wildman–Crippen LogP) is 3.30. The lowest BCUT2D eigenvalue weighted by atomic mass is 10.1. The number of aryl methyl sites for hydroxylation is 1. The van der Waals surface area contributed by atoms with Gasteiger partial charge in [-0.05, 0) is 31.5 Å². The summed E-state index contributed by atoms with van der Waals surface area (Å²) in [4.78, 5) is 20.8. The highest BCUT2D eigenvalue weighted by molar-refractivity contribution is 5.93. The molecule has 1 fully saturated rings. The SMILES string of the molecule is Cc1ccc(-c2noc(C(C)N3CCN(C(=O)c4ccoc4)CC3)n2)cc1F. The predicted molar refractivity (Wildman–Crippen MR) is 99.0 cm³/mol. The van der Waals surface area contributed by atoms with E-state index in [4.69, 9.17) is 8.94 Å². The van der Waals surface area contributed by atoms with Gasteiger partial charge in [0.2, 0.25) is 11.7 Å². The molecule has 0 radical (unpaired) electrons. The van der Waals surface area contributed by atoms with Gasteiger partial charge in [0.1, 0.15) is 12.1 Å². The fraction of sp³-hybridized carbons (Fsp3) is 0.350. The van der Waals surface area contributed by atoms with Gasteiger partial charge in [-0.3, -0.25) is 9.69 Å². The number of carbonyl (C=O) groups is 1. The Morgan fingerprint density at radius 3 is 2.68 bits per heavy atom. The van der Waals surface area contributed by atoms with Crippen molar-refractivity contribution in [1.29, 1.82) is 0 Å². The maximum atomic E-state index is 13.8. The molecule has 1 atom stereocenters. The van der Waals surface area contributed by atoms with E-state index in [-0.39, 0.29) is 17.8 Å². The quantitative estimate of drug-likeness (QED) is 0.687. The summed E-state index contributed by atoms with van der Waals surface area (Å²) in [7, 11) is 0. The van der Waals surface area contributed by atoms with E-state index >= 15 is 0 Å². The number of piperazine rings is 1. The Balaban J connectivity index is 1.40. The van der Waals surface area contributed by atoms with Crippen molar-refractivity contribution in [2.75, 3.05) is 26.2 Å². The maximum absolute atomic E-state index is 13.8. The molecule has 1 amide bonds. The number of aromatic nitrogens is 2. The lowest BCUT2D eigenvalue weighted by Crippen LogP contribution is -2.49. The van der Waals surface area contributed by atoms with Crippen LogP contribution in [0.5, 0.6) is 0 Å². The van der Waals surface area contributed by atoms with E-state index in [0.717, 1.165) is 0 Å². The summed E-state index contributed by atoms with van der Waals surface area (Å²) in [5.74, 6) is 0.526. The molecule has 1 aliphatic rings. The molecule has 0 spiro atoms. The van der Waals surface area contributed by atoms with Gasteiger partial charge in [-0.15, -0.1) is 0 Å². The number of furan rings is 1. The second-order valence-corrected chi connectivity index (χ2v) is 6.94. The number of nitrogens with zero attached hydrogens (tertiary/aromatic N) is 4. The molecule has 7 nitrogen and oxygen atoms in total. The molecule has 0 bridgehead atoms. The Bertz CT molecular complexity index is 962. The number of hydrogen-bond donors (Lipinski definition) is 0. The van der Waals surface area contributed by atoms with Crippen molar-refractivity contribution >= 4 is 5.91 Å². The molecule has 8 heteroatoms. The van der Waals surface area contributed by atoms with Crippen LogP contribution in [0.1, 0.15) is 34.8 Å². The molecule has 28 heavy (non-hydrogen) atoms. The Kier molecular flexibility index (Phi) is 4.95. The van der Waals surface area contributed by atoms with Crippen molar-refractivity contribution in [3.63, 3.8) is 0 Å². The van der Waals surface area contributed by atoms with Crippen LogP contribution in [0.2, 0.25) is 0 Å². The Hall–Kier alpha value is -3.00. The molecule has 0 N–H and O–H groups in total. The van der Waals surface area contributed by atoms with Crippen molar-refractivity contribution in [3.8, 4) is 11.4 Å². The third-order valence-corrected chi connectivity index (χ3v) is 5.15. The fourth-order valence-corrected chi connectivity index (χ4v) is 3.29. The highest BCUT2D eigenvalue weighted by Gasteiger charge is 2.28. The molecule has 3 heterocycles. The minimum Gasteiger partial charge on any atom is -0.472 e. The van der Waals surface area contributed by atoms with Crippen molar-refractivity contribution in [3.05, 3.63) is 59.6 Å². The van der Waals surface area contributed by atoms with E-state index in [9.17, 15) is 9.18 Å². The second kappa shape index (κ2) is 7.55. The Morgan fingerprint density at radius 2 is 2.00 bits per heavy atom. The van der Waals surface area contributed by atoms with E-state index in [1.54, 1.807) is 25.1 Å². The molecule has 1 saturated heterocycles. The van der Waals surface area contributed by atoms with Crippen LogP contribution < -0.4 is 0 Å². The van der Waals surface area contributed by atoms with Crippen LogP contribution >= 0.6 is 0 Å². The molecule has 0 aliphatic carbocycles. The summed E-state index contributed by atoms with van der Waals surface area (Å²) in [6, 6.07) is 6.46. The molecule has 1 aliphatic heterocycles. The summed E-state index contributed by atoms with van der Waals surface area (Å²) in [6.07, 6.45) is 2.96. The smallest absolute Gasteiger partial charge is 0.257 e. The average molecular weight is 384 g/mol. The molecular weight excluding hydrogens is 363 g/mol. The summed E-state index contributed by atoms with van der Waals surface area (Å²) in [6.45, 7) is 6.31. The third-order valence-electron chi connectivity index (χ3n) is 5.15. The molecule has 3 aromatic rings. The number of rotatable bonds is 4. The number of hydrogen-bond acceptors (Lipinski definition) is 6. The summed E-state index contributed by atoms with van der Waals surface area (Å²) in [5.41, 5.74) is 1.72. The molecule has 1 aromatic carbocycles. The summed E-state index contributed by atoms with van der Waals surface area (Å²) < 4.78 is 24.2. The van der Waals surface area contributed by atoms with Gasteiger partial charge in [-0.2, -0.15) is 4.98 Å². The largest absolute Gasteiger partial charge is 0.472 e. The molecule has 146 valence electrons. The van der Waals surface area contributed by atoms with Gasteiger partial charge in [-0.25, -0.2) is 4.39 Å². The summed E-state index contributed by atoms with van der Waals surface area (Å²) in [5, 5.41) is 4.00. The first-order chi connectivity index (χ1) is 13.5. The molecule has 2 aromatic heterocycles. The highest BCUT2D eigenvalue weighted by atomic mass is 19.1. The van der Waals surface area contributed by atoms with Crippen LogP contribution in [0.25, 0.3) is 11.4 Å². The Morgan fingerprint density at radius 1 is 1.21 bits per heavy atom. The monoisotopic (exact) mass is 384 g/mol. The van der Waals surface area contributed by atoms with Crippen molar-refractivity contribution in [1.82, 2.24) is 19.9 Å². The van der Waals surface area contributed by atoms with Crippen molar-refractivity contribution < 1.29 is 18.1 Å². The van der Waals surface area contributed by atoms with Crippen LogP contribution in [0, 0.1) is 12.7 Å². The normalized spacial score (nSPS) is 16.3. The van der Waals surface area contributed by atoms with Crippen LogP contribution in [0.4, 0.5) is 4.39 Å². The first-order valence-electron chi connectivity index (χ1n) is 9.18. The fourth-order valence-electron chi connectivity index (χ4n) is 3.29. The van der Waals surface area contributed by atoms with Crippen LogP contribution in [-0.2, 0) is 0 Å². The minimum absolute atomic E-state index is 0.0254. The zero-order valence-electron chi connectivity index (χ0n) is 15.8. The molecule has 0 saturated carbocycles. The maximum Gasteiger partial charge on any atom is 0.257 e. The van der Waals surface area contributed by atoms with Gasteiger partial charge in [-0.1, -0.05) is 17.3 Å². The van der Waals surface area contributed by atoms with E-state index in [1.807, 2.05) is 11.8 Å². The second-order valence-electron chi connectivity index (χ2n) is 6.94. The van der Waals surface area contributed by atoms with Crippen LogP contribution in [-0.4, -0.2) is 52.0 Å². The first-order valence-corrected chi connectivity index (χ1v) is 9.18. The number of benzene rings is 1. The van der Waals surface area contributed by atoms with Gasteiger partial charge in [0.25, 0.3) is 5.91 Å². The third kappa shape index (κ3) is 3.55. The molecule has 1 unspecified atom stereocenters. The van der Waals surface area contributed by atoms with Crippen LogP contribution in [0.3, 0.4) is 0 Å². The van der Waals surface area contributed by atoms with E-state index < -0.39 is 0 Å². The lowest BCUT2D eigenvalue weighted by Gasteiger charge is -2.36. The Labute approximate surface area is 161 Å². The number of carbonyl (C=O) groups excluding carboxylic acids is 1. The van der Waals surface area contributed by atoms with Gasteiger partial charge >= 0.3 is 0 Å². The number of halogens is 1. The summed E-state index contributed by atoms with van der Waals surface area (Å²) >= 11 is 0. The van der Waals surface area contributed by atoms with E-state index in [1.165, 1.54) is 18.6 Å². The standard InChI is InChI=1S/C20H21FN4O3/c1-13-3-4-15(11-17(13)21)18-22-19(28-23-18)14(2)24-6-8-25(9-7-24)20(26)16-5-10-27-12-16/h3-5,10-12,14H,6-9H2,1-2H3. The molecular formula is C20H21FN4O3. The molecule has 4 rings (SSSR count). The number of amides is 1. The van der Waals surface area contributed by atoms with E-state index in [2.05, 4.69) is 15.0 Å². The van der Waals surface area contributed by atoms with Gasteiger partial charge in [0, 0.05) is 31.7 Å². The van der Waals surface area contributed by atoms with Gasteiger partial charge in [0.05, 0.1) is 17.9 Å². The lowest BCUT2D eigenvalue weighted by molar-refractivity contribution is 0.0551. The first kappa shape index (κ1) is 18.4. The highest BCUT2D eigenvalue weighted by Crippen LogP contribution is 2.25. The minimum atomic E-state index is -0.296. The zero-order chi connectivity index (χ0) is 19.7. The van der Waals surface area contributed by atoms with Crippen LogP contribution in [0.15, 0.2) is 45.7 Å². The van der Waals surface area contributed by atoms with Crippen molar-refractivity contribution in [2.24, 2.45) is 0 Å².